The molecule has 4 heteroatoms. The van der Waals surface area contributed by atoms with Crippen molar-refractivity contribution in [3.63, 3.8) is 0 Å². The van der Waals surface area contributed by atoms with Crippen LogP contribution in [-0.2, 0) is 0 Å². The normalized spacial score (nSPS) is 20.8. The van der Waals surface area contributed by atoms with Gasteiger partial charge in [-0.1, -0.05) is 6.92 Å². The van der Waals surface area contributed by atoms with Crippen molar-refractivity contribution in [2.75, 3.05) is 13.1 Å². The van der Waals surface area contributed by atoms with Crippen LogP contribution in [0.4, 0.5) is 0 Å². The van der Waals surface area contributed by atoms with Crippen LogP contribution >= 0.6 is 0 Å². The molecule has 4 nitrogen and oxygen atoms in total. The Morgan fingerprint density at radius 1 is 1.56 bits per heavy atom. The molecule has 1 aromatic heterocycles. The maximum Gasteiger partial charge on any atom is 0.270 e. The van der Waals surface area contributed by atoms with Crippen LogP contribution in [0.2, 0.25) is 0 Å². The van der Waals surface area contributed by atoms with E-state index in [1.807, 2.05) is 4.90 Å². The fourth-order valence-corrected chi connectivity index (χ4v) is 2.15. The van der Waals surface area contributed by atoms with Crippen LogP contribution in [0.25, 0.3) is 0 Å². The minimum absolute atomic E-state index is 0.000324. The molecule has 2 rings (SSSR count). The molecule has 1 amide bonds. The molecular formula is C12H16N2O2. The van der Waals surface area contributed by atoms with Gasteiger partial charge < -0.3 is 9.88 Å². The van der Waals surface area contributed by atoms with E-state index in [0.29, 0.717) is 17.3 Å². The summed E-state index contributed by atoms with van der Waals surface area (Å²) in [6.45, 7) is 3.79. The molecule has 1 aromatic rings. The van der Waals surface area contributed by atoms with Crippen molar-refractivity contribution in [1.82, 2.24) is 9.88 Å². The van der Waals surface area contributed by atoms with Gasteiger partial charge in [-0.15, -0.1) is 0 Å². The first kappa shape index (κ1) is 10.9. The first-order valence-corrected chi connectivity index (χ1v) is 5.64. The fourth-order valence-electron chi connectivity index (χ4n) is 2.15. The minimum atomic E-state index is -0.000324. The molecule has 1 aliphatic heterocycles. The number of piperidine rings is 1. The van der Waals surface area contributed by atoms with Crippen LogP contribution in [0.5, 0.6) is 0 Å². The third-order valence-electron chi connectivity index (χ3n) is 3.01. The largest absolute Gasteiger partial charge is 0.348 e. The van der Waals surface area contributed by atoms with E-state index < -0.39 is 0 Å². The number of rotatable bonds is 2. The number of hydrogen-bond acceptors (Lipinski definition) is 2. The number of aromatic amines is 1. The molecule has 16 heavy (non-hydrogen) atoms. The third-order valence-corrected chi connectivity index (χ3v) is 3.01. The smallest absolute Gasteiger partial charge is 0.270 e. The van der Waals surface area contributed by atoms with Gasteiger partial charge in [-0.2, -0.15) is 0 Å². The molecule has 86 valence electrons. The molecule has 2 heterocycles. The van der Waals surface area contributed by atoms with Crippen molar-refractivity contribution in [2.45, 2.75) is 19.8 Å². The molecule has 1 aliphatic rings. The van der Waals surface area contributed by atoms with Crippen molar-refractivity contribution in [2.24, 2.45) is 5.92 Å². The molecule has 1 N–H and O–H groups in total. The highest BCUT2D eigenvalue weighted by molar-refractivity contribution is 5.93. The summed E-state index contributed by atoms with van der Waals surface area (Å²) in [6, 6.07) is 3.30. The van der Waals surface area contributed by atoms with Gasteiger partial charge in [-0.25, -0.2) is 0 Å². The minimum Gasteiger partial charge on any atom is -0.348 e. The Kier molecular flexibility index (Phi) is 3.08. The van der Waals surface area contributed by atoms with Gasteiger partial charge >= 0.3 is 0 Å². The lowest BCUT2D eigenvalue weighted by molar-refractivity contribution is 0.0678. The van der Waals surface area contributed by atoms with Gasteiger partial charge in [-0.3, -0.25) is 9.59 Å². The molecule has 0 aliphatic carbocycles. The fraction of sp³-hybridized carbons (Fsp3) is 0.500. The number of nitrogens with zero attached hydrogens (tertiary/aromatic N) is 1. The number of carbonyl (C=O) groups excluding carboxylic acids is 2. The second-order valence-corrected chi connectivity index (χ2v) is 4.44. The lowest BCUT2D eigenvalue weighted by Crippen LogP contribution is -2.39. The molecule has 0 radical (unpaired) electrons. The van der Waals surface area contributed by atoms with Crippen LogP contribution in [0, 0.1) is 5.92 Å². The maximum atomic E-state index is 12.1. The summed E-state index contributed by atoms with van der Waals surface area (Å²) in [5, 5.41) is 0. The van der Waals surface area contributed by atoms with Crippen LogP contribution in [0.3, 0.4) is 0 Å². The van der Waals surface area contributed by atoms with Crippen LogP contribution < -0.4 is 0 Å². The lowest BCUT2D eigenvalue weighted by atomic mass is 10.0. The van der Waals surface area contributed by atoms with Gasteiger partial charge in [0.25, 0.3) is 5.91 Å². The molecule has 0 bridgehead atoms. The summed E-state index contributed by atoms with van der Waals surface area (Å²) in [6.07, 6.45) is 2.97. The zero-order valence-corrected chi connectivity index (χ0v) is 9.40. The van der Waals surface area contributed by atoms with Crippen molar-refractivity contribution in [3.8, 4) is 0 Å². The van der Waals surface area contributed by atoms with E-state index in [1.165, 1.54) is 6.42 Å². The van der Waals surface area contributed by atoms with E-state index in [9.17, 15) is 9.59 Å². The Morgan fingerprint density at radius 2 is 2.38 bits per heavy atom. The highest BCUT2D eigenvalue weighted by Crippen LogP contribution is 2.17. The summed E-state index contributed by atoms with van der Waals surface area (Å²) in [7, 11) is 0. The molecule has 0 aromatic carbocycles. The Bertz CT molecular complexity index is 397. The van der Waals surface area contributed by atoms with E-state index in [0.717, 1.165) is 25.8 Å². The summed E-state index contributed by atoms with van der Waals surface area (Å²) in [4.78, 5) is 27.2. The van der Waals surface area contributed by atoms with Gasteiger partial charge in [-0.05, 0) is 30.9 Å². The SMILES string of the molecule is CC1CCCN(C(=O)c2ccc(C=O)[nH]2)C1. The molecule has 1 atom stereocenters. The third kappa shape index (κ3) is 2.15. The number of likely N-dealkylation sites (tertiary alicyclic amines) is 1. The molecule has 1 unspecified atom stereocenters. The van der Waals surface area contributed by atoms with E-state index >= 15 is 0 Å². The average Bonchev–Trinajstić information content (AvgIpc) is 2.76. The Labute approximate surface area is 94.6 Å². The standard InChI is InChI=1S/C12H16N2O2/c1-9-3-2-6-14(7-9)12(16)11-5-4-10(8-15)13-11/h4-5,8-9,13H,2-3,6-7H2,1H3. The van der Waals surface area contributed by atoms with Crippen LogP contribution in [0.1, 0.15) is 40.7 Å². The molecule has 1 fully saturated rings. The number of aldehydes is 1. The van der Waals surface area contributed by atoms with Crippen molar-refractivity contribution in [3.05, 3.63) is 23.5 Å². The van der Waals surface area contributed by atoms with Crippen LogP contribution in [-0.4, -0.2) is 35.2 Å². The zero-order chi connectivity index (χ0) is 11.5. The predicted molar refractivity (Wildman–Crippen MR) is 60.5 cm³/mol. The molecule has 1 saturated heterocycles. The highest BCUT2D eigenvalue weighted by atomic mass is 16.2. The summed E-state index contributed by atoms with van der Waals surface area (Å²) >= 11 is 0. The number of aromatic nitrogens is 1. The number of carbonyl (C=O) groups is 2. The van der Waals surface area contributed by atoms with Crippen molar-refractivity contribution < 1.29 is 9.59 Å². The number of amides is 1. The number of nitrogens with one attached hydrogen (secondary N) is 1. The Balaban J connectivity index is 2.08. The first-order valence-electron chi connectivity index (χ1n) is 5.64. The van der Waals surface area contributed by atoms with Gasteiger partial charge in [0, 0.05) is 13.1 Å². The molecule has 0 spiro atoms. The predicted octanol–water partition coefficient (Wildman–Crippen LogP) is 1.70. The van der Waals surface area contributed by atoms with Crippen molar-refractivity contribution >= 4 is 12.2 Å². The van der Waals surface area contributed by atoms with E-state index in [-0.39, 0.29) is 5.91 Å². The van der Waals surface area contributed by atoms with Gasteiger partial charge in [0.05, 0.1) is 5.69 Å². The first-order chi connectivity index (χ1) is 7.70. The number of hydrogen-bond donors (Lipinski definition) is 1. The molecular weight excluding hydrogens is 204 g/mol. The van der Waals surface area contributed by atoms with Gasteiger partial charge in [0.1, 0.15) is 5.69 Å². The van der Waals surface area contributed by atoms with Crippen molar-refractivity contribution in [1.29, 1.82) is 0 Å². The van der Waals surface area contributed by atoms with Crippen LogP contribution in [0.15, 0.2) is 12.1 Å². The second-order valence-electron chi connectivity index (χ2n) is 4.44. The Morgan fingerprint density at radius 3 is 3.00 bits per heavy atom. The summed E-state index contributed by atoms with van der Waals surface area (Å²) < 4.78 is 0. The topological polar surface area (TPSA) is 53.2 Å². The summed E-state index contributed by atoms with van der Waals surface area (Å²) in [5.41, 5.74) is 0.963. The van der Waals surface area contributed by atoms with Gasteiger partial charge in [0.15, 0.2) is 6.29 Å². The average molecular weight is 220 g/mol. The number of H-pyrrole nitrogens is 1. The summed E-state index contributed by atoms with van der Waals surface area (Å²) in [5.74, 6) is 0.567. The second kappa shape index (κ2) is 4.51. The monoisotopic (exact) mass is 220 g/mol. The van der Waals surface area contributed by atoms with Gasteiger partial charge in [0.2, 0.25) is 0 Å². The Hall–Kier alpha value is -1.58. The van der Waals surface area contributed by atoms with E-state index in [1.54, 1.807) is 12.1 Å². The quantitative estimate of drug-likeness (QED) is 0.771. The zero-order valence-electron chi connectivity index (χ0n) is 9.40. The van der Waals surface area contributed by atoms with E-state index in [2.05, 4.69) is 11.9 Å². The lowest BCUT2D eigenvalue weighted by Gasteiger charge is -2.30. The highest BCUT2D eigenvalue weighted by Gasteiger charge is 2.22. The van der Waals surface area contributed by atoms with E-state index in [4.69, 9.17) is 0 Å². The maximum absolute atomic E-state index is 12.1. The molecule has 0 saturated carbocycles.